The highest BCUT2D eigenvalue weighted by molar-refractivity contribution is 6.55. The van der Waals surface area contributed by atoms with E-state index in [1.807, 2.05) is 30.3 Å². The van der Waals surface area contributed by atoms with Crippen molar-refractivity contribution < 1.29 is 18.4 Å². The molecule has 0 heterocycles. The van der Waals surface area contributed by atoms with Crippen molar-refractivity contribution in [3.63, 3.8) is 0 Å². The molecule has 0 aromatic heterocycles. The number of carbonyl (C=O) groups is 2. The van der Waals surface area contributed by atoms with Gasteiger partial charge in [-0.25, -0.2) is 0 Å². The van der Waals surface area contributed by atoms with E-state index < -0.39 is 21.2 Å². The first-order valence-corrected chi connectivity index (χ1v) is 6.76. The minimum absolute atomic E-state index is 0.444. The normalized spacial score (nSPS) is 10.5. The zero-order valence-corrected chi connectivity index (χ0v) is 10.9. The smallest absolute Gasteiger partial charge is 0.475 e. The van der Waals surface area contributed by atoms with Gasteiger partial charge in [-0.1, -0.05) is 36.4 Å². The van der Waals surface area contributed by atoms with Gasteiger partial charge in [-0.2, -0.15) is 0 Å². The number of benzene rings is 1. The van der Waals surface area contributed by atoms with Gasteiger partial charge < -0.3 is 8.85 Å². The summed E-state index contributed by atoms with van der Waals surface area (Å²) < 4.78 is 9.91. The van der Waals surface area contributed by atoms with E-state index in [9.17, 15) is 9.59 Å². The highest BCUT2D eigenvalue weighted by Gasteiger charge is 2.15. The fourth-order valence-corrected chi connectivity index (χ4v) is 2.42. The van der Waals surface area contributed by atoms with Crippen LogP contribution in [0.3, 0.4) is 0 Å². The SMILES string of the molecule is CC(=O)O[SiH](C=Cc1ccccc1)OC(C)=O. The predicted molar refractivity (Wildman–Crippen MR) is 66.2 cm³/mol. The van der Waals surface area contributed by atoms with Gasteiger partial charge >= 0.3 is 9.28 Å². The summed E-state index contributed by atoms with van der Waals surface area (Å²) in [7, 11) is -2.40. The largest absolute Gasteiger partial charge is 0.484 e. The molecule has 17 heavy (non-hydrogen) atoms. The molecule has 4 nitrogen and oxygen atoms in total. The van der Waals surface area contributed by atoms with Crippen LogP contribution in [0.2, 0.25) is 0 Å². The van der Waals surface area contributed by atoms with Crippen LogP contribution in [0.4, 0.5) is 0 Å². The van der Waals surface area contributed by atoms with Crippen molar-refractivity contribution in [3.05, 3.63) is 41.6 Å². The van der Waals surface area contributed by atoms with E-state index in [-0.39, 0.29) is 0 Å². The Hall–Kier alpha value is -1.88. The molecule has 0 saturated carbocycles. The van der Waals surface area contributed by atoms with Crippen molar-refractivity contribution in [1.29, 1.82) is 0 Å². The molecule has 0 saturated heterocycles. The van der Waals surface area contributed by atoms with Crippen molar-refractivity contribution in [2.45, 2.75) is 13.8 Å². The lowest BCUT2D eigenvalue weighted by Crippen LogP contribution is -2.25. The van der Waals surface area contributed by atoms with Crippen LogP contribution in [0.25, 0.3) is 6.08 Å². The Morgan fingerprint density at radius 1 is 1.06 bits per heavy atom. The van der Waals surface area contributed by atoms with Gasteiger partial charge in [0.25, 0.3) is 11.9 Å². The minimum atomic E-state index is -2.40. The molecule has 0 aliphatic rings. The second kappa shape index (κ2) is 6.65. The van der Waals surface area contributed by atoms with Crippen LogP contribution < -0.4 is 0 Å². The van der Waals surface area contributed by atoms with Crippen LogP contribution in [-0.4, -0.2) is 21.2 Å². The summed E-state index contributed by atoms with van der Waals surface area (Å²) in [6.45, 7) is 2.58. The Morgan fingerprint density at radius 2 is 1.59 bits per heavy atom. The van der Waals surface area contributed by atoms with Crippen molar-refractivity contribution in [1.82, 2.24) is 0 Å². The lowest BCUT2D eigenvalue weighted by Gasteiger charge is -2.10. The molecule has 0 atom stereocenters. The molecule has 0 fully saturated rings. The Balaban J connectivity index is 2.68. The molecular formula is C12H14O4Si. The van der Waals surface area contributed by atoms with Gasteiger partial charge in [0.2, 0.25) is 0 Å². The van der Waals surface area contributed by atoms with Gasteiger partial charge in [-0.05, 0) is 11.3 Å². The van der Waals surface area contributed by atoms with Gasteiger partial charge in [-0.15, -0.1) is 0 Å². The Morgan fingerprint density at radius 3 is 2.06 bits per heavy atom. The first kappa shape index (κ1) is 13.2. The Bertz CT molecular complexity index is 398. The van der Waals surface area contributed by atoms with Gasteiger partial charge in [0.05, 0.1) is 0 Å². The molecule has 0 aliphatic heterocycles. The Kier molecular flexibility index (Phi) is 5.15. The second-order valence-electron chi connectivity index (χ2n) is 3.36. The molecule has 1 aromatic rings. The molecule has 90 valence electrons. The summed E-state index contributed by atoms with van der Waals surface area (Å²) in [5.74, 6) is -0.888. The van der Waals surface area contributed by atoms with Crippen molar-refractivity contribution in [3.8, 4) is 0 Å². The molecule has 1 aromatic carbocycles. The summed E-state index contributed by atoms with van der Waals surface area (Å²) >= 11 is 0. The molecule has 0 radical (unpaired) electrons. The van der Waals surface area contributed by atoms with Crippen molar-refractivity contribution >= 4 is 27.3 Å². The number of hydrogen-bond donors (Lipinski definition) is 0. The molecule has 0 spiro atoms. The van der Waals surface area contributed by atoms with Gasteiger partial charge in [0.15, 0.2) is 0 Å². The summed E-state index contributed by atoms with van der Waals surface area (Å²) in [4.78, 5) is 21.7. The monoisotopic (exact) mass is 250 g/mol. The van der Waals surface area contributed by atoms with Crippen LogP contribution in [0.5, 0.6) is 0 Å². The predicted octanol–water partition coefficient (Wildman–Crippen LogP) is 1.59. The molecule has 0 aliphatic carbocycles. The van der Waals surface area contributed by atoms with E-state index in [4.69, 9.17) is 8.85 Å². The van der Waals surface area contributed by atoms with E-state index in [0.29, 0.717) is 0 Å². The lowest BCUT2D eigenvalue weighted by molar-refractivity contribution is -0.137. The van der Waals surface area contributed by atoms with Crippen LogP contribution in [-0.2, 0) is 18.4 Å². The van der Waals surface area contributed by atoms with Gasteiger partial charge in [0, 0.05) is 13.8 Å². The Labute approximate surface area is 102 Å². The minimum Gasteiger partial charge on any atom is -0.484 e. The third-order valence-corrected chi connectivity index (χ3v) is 3.44. The van der Waals surface area contributed by atoms with E-state index in [1.54, 1.807) is 11.8 Å². The average Bonchev–Trinajstić information content (AvgIpc) is 2.26. The van der Waals surface area contributed by atoms with E-state index in [2.05, 4.69) is 0 Å². The van der Waals surface area contributed by atoms with Gasteiger partial charge in [-0.3, -0.25) is 9.59 Å². The summed E-state index contributed by atoms with van der Waals surface area (Å²) in [6.07, 6.45) is 1.78. The molecule has 0 bridgehead atoms. The fraction of sp³-hybridized carbons (Fsp3) is 0.167. The quantitative estimate of drug-likeness (QED) is 0.761. The first-order chi connectivity index (χ1) is 8.08. The van der Waals surface area contributed by atoms with Crippen molar-refractivity contribution in [2.75, 3.05) is 0 Å². The molecule has 0 amide bonds. The molecular weight excluding hydrogens is 236 g/mol. The first-order valence-electron chi connectivity index (χ1n) is 5.15. The second-order valence-corrected chi connectivity index (χ2v) is 4.95. The number of carbonyl (C=O) groups excluding carboxylic acids is 2. The zero-order chi connectivity index (χ0) is 12.7. The zero-order valence-electron chi connectivity index (χ0n) is 9.75. The van der Waals surface area contributed by atoms with E-state index in [0.717, 1.165) is 5.56 Å². The topological polar surface area (TPSA) is 52.6 Å². The molecule has 1 rings (SSSR count). The third-order valence-electron chi connectivity index (χ3n) is 1.81. The van der Waals surface area contributed by atoms with Crippen LogP contribution in [0.1, 0.15) is 19.4 Å². The molecule has 0 unspecified atom stereocenters. The van der Waals surface area contributed by atoms with E-state index in [1.165, 1.54) is 13.8 Å². The van der Waals surface area contributed by atoms with Crippen LogP contribution in [0, 0.1) is 0 Å². The highest BCUT2D eigenvalue weighted by atomic mass is 28.3. The maximum atomic E-state index is 10.8. The van der Waals surface area contributed by atoms with Gasteiger partial charge in [0.1, 0.15) is 0 Å². The summed E-state index contributed by atoms with van der Waals surface area (Å²) in [5.41, 5.74) is 2.61. The van der Waals surface area contributed by atoms with Crippen molar-refractivity contribution in [2.24, 2.45) is 0 Å². The molecule has 0 N–H and O–H groups in total. The third kappa shape index (κ3) is 5.67. The molecule has 5 heteroatoms. The summed E-state index contributed by atoms with van der Waals surface area (Å²) in [5, 5.41) is 0. The average molecular weight is 250 g/mol. The van der Waals surface area contributed by atoms with Crippen LogP contribution >= 0.6 is 0 Å². The standard InChI is InChI=1S/C12H14O4Si/c1-10(13)15-17(16-11(2)14)9-8-12-6-4-3-5-7-12/h3-9,17H,1-2H3. The maximum absolute atomic E-state index is 10.8. The van der Waals surface area contributed by atoms with E-state index >= 15 is 0 Å². The highest BCUT2D eigenvalue weighted by Crippen LogP contribution is 2.03. The van der Waals surface area contributed by atoms with Crippen LogP contribution in [0.15, 0.2) is 36.0 Å². The summed E-state index contributed by atoms with van der Waals surface area (Å²) in [6, 6.07) is 9.51. The number of rotatable bonds is 4. The number of hydrogen-bond acceptors (Lipinski definition) is 4. The fourth-order valence-electron chi connectivity index (χ4n) is 1.18. The lowest BCUT2D eigenvalue weighted by atomic mass is 10.2. The maximum Gasteiger partial charge on any atom is 0.475 e.